The van der Waals surface area contributed by atoms with Crippen molar-refractivity contribution in [2.24, 2.45) is 0 Å². The molecule has 8 nitrogen and oxygen atoms in total. The largest absolute Gasteiger partial charge is 0.378 e. The molecule has 2 saturated heterocycles. The van der Waals surface area contributed by atoms with E-state index in [1.165, 1.54) is 5.56 Å². The van der Waals surface area contributed by atoms with Gasteiger partial charge in [-0.2, -0.15) is 0 Å². The molecule has 1 amide bonds. The van der Waals surface area contributed by atoms with Gasteiger partial charge in [-0.3, -0.25) is 9.69 Å². The number of morpholine rings is 1. The van der Waals surface area contributed by atoms with Crippen LogP contribution in [0.1, 0.15) is 27.4 Å². The molecule has 0 spiro atoms. The van der Waals surface area contributed by atoms with E-state index in [4.69, 9.17) is 20.9 Å². The molecule has 0 saturated carbocycles. The van der Waals surface area contributed by atoms with Gasteiger partial charge in [-0.1, -0.05) is 16.8 Å². The van der Waals surface area contributed by atoms with Crippen molar-refractivity contribution in [2.75, 3.05) is 57.4 Å². The predicted molar refractivity (Wildman–Crippen MR) is 109 cm³/mol. The number of halogens is 1. The quantitative estimate of drug-likeness (QED) is 0.751. The van der Waals surface area contributed by atoms with Crippen LogP contribution >= 0.6 is 11.6 Å². The van der Waals surface area contributed by atoms with Crippen molar-refractivity contribution >= 4 is 23.3 Å². The summed E-state index contributed by atoms with van der Waals surface area (Å²) in [6.45, 7) is 10.6. The van der Waals surface area contributed by atoms with Gasteiger partial charge in [-0.15, -0.1) is 0 Å². The Morgan fingerprint density at radius 3 is 2.48 bits per heavy atom. The van der Waals surface area contributed by atoms with Gasteiger partial charge in [-0.25, -0.2) is 4.98 Å². The molecule has 0 atom stereocenters. The average Bonchev–Trinajstić information content (AvgIpc) is 3.06. The number of nitrogens with zero attached hydrogens (tertiary/aromatic N) is 5. The first-order valence-corrected chi connectivity index (χ1v) is 10.3. The fraction of sp³-hybridized carbons (Fsp3) is 0.550. The number of carbonyl (C=O) groups is 1. The first-order valence-electron chi connectivity index (χ1n) is 9.94. The Balaban J connectivity index is 1.37. The fourth-order valence-corrected chi connectivity index (χ4v) is 4.08. The number of piperazine rings is 1. The number of anilines is 1. The highest BCUT2D eigenvalue weighted by atomic mass is 35.5. The number of hydrogen-bond acceptors (Lipinski definition) is 7. The van der Waals surface area contributed by atoms with E-state index in [2.05, 4.69) is 19.9 Å². The number of aryl methyl sites for hydroxylation is 2. The summed E-state index contributed by atoms with van der Waals surface area (Å²) < 4.78 is 10.6. The molecule has 0 aromatic carbocycles. The lowest BCUT2D eigenvalue weighted by atomic mass is 10.1. The SMILES string of the molecule is Cc1noc(C)c1CN1CCN(c2ncc(C(=O)N3CCOCC3)cc2Cl)CC1. The molecule has 4 heterocycles. The molecular weight excluding hydrogens is 394 g/mol. The fourth-order valence-electron chi connectivity index (χ4n) is 3.80. The minimum atomic E-state index is -0.0430. The van der Waals surface area contributed by atoms with Crippen LogP contribution < -0.4 is 4.90 Å². The summed E-state index contributed by atoms with van der Waals surface area (Å²) in [5, 5.41) is 4.55. The summed E-state index contributed by atoms with van der Waals surface area (Å²) in [7, 11) is 0. The van der Waals surface area contributed by atoms with Gasteiger partial charge in [0.15, 0.2) is 0 Å². The Morgan fingerprint density at radius 1 is 1.14 bits per heavy atom. The van der Waals surface area contributed by atoms with E-state index < -0.39 is 0 Å². The third kappa shape index (κ3) is 4.39. The standard InChI is InChI=1S/C20H26ClN5O3/c1-14-17(15(2)29-23-14)13-24-3-5-25(6-4-24)19-18(21)11-16(12-22-19)20(27)26-7-9-28-10-8-26/h11-12H,3-10,13H2,1-2H3. The minimum Gasteiger partial charge on any atom is -0.378 e. The van der Waals surface area contributed by atoms with Crippen molar-refractivity contribution in [3.05, 3.63) is 39.9 Å². The molecule has 0 radical (unpaired) electrons. The van der Waals surface area contributed by atoms with Gasteiger partial charge in [0.2, 0.25) is 0 Å². The van der Waals surface area contributed by atoms with Crippen molar-refractivity contribution in [3.8, 4) is 0 Å². The van der Waals surface area contributed by atoms with Crippen LogP contribution in [0.2, 0.25) is 5.02 Å². The second kappa shape index (κ2) is 8.69. The third-order valence-electron chi connectivity index (χ3n) is 5.60. The molecule has 2 fully saturated rings. The van der Waals surface area contributed by atoms with Gasteiger partial charge < -0.3 is 19.1 Å². The minimum absolute atomic E-state index is 0.0430. The number of amides is 1. The maximum Gasteiger partial charge on any atom is 0.255 e. The Kier molecular flexibility index (Phi) is 6.03. The van der Waals surface area contributed by atoms with Crippen molar-refractivity contribution < 1.29 is 14.1 Å². The summed E-state index contributed by atoms with van der Waals surface area (Å²) in [6, 6.07) is 1.73. The first-order chi connectivity index (χ1) is 14.0. The molecule has 0 aliphatic carbocycles. The van der Waals surface area contributed by atoms with Crippen LogP contribution in [0.15, 0.2) is 16.8 Å². The zero-order valence-corrected chi connectivity index (χ0v) is 17.6. The normalized spacial score (nSPS) is 18.3. The monoisotopic (exact) mass is 419 g/mol. The van der Waals surface area contributed by atoms with Crippen LogP contribution in [0.5, 0.6) is 0 Å². The summed E-state index contributed by atoms with van der Waals surface area (Å²) in [5.41, 5.74) is 2.65. The molecule has 9 heteroatoms. The van der Waals surface area contributed by atoms with Crippen LogP contribution in [0, 0.1) is 13.8 Å². The highest BCUT2D eigenvalue weighted by Gasteiger charge is 2.24. The number of ether oxygens (including phenoxy) is 1. The molecule has 2 aliphatic heterocycles. The van der Waals surface area contributed by atoms with Crippen LogP contribution in [-0.2, 0) is 11.3 Å². The van der Waals surface area contributed by atoms with E-state index in [0.29, 0.717) is 36.9 Å². The smallest absolute Gasteiger partial charge is 0.255 e. The van der Waals surface area contributed by atoms with Crippen LogP contribution in [0.4, 0.5) is 5.82 Å². The van der Waals surface area contributed by atoms with Gasteiger partial charge in [-0.05, 0) is 19.9 Å². The summed E-state index contributed by atoms with van der Waals surface area (Å²) >= 11 is 6.50. The molecule has 0 N–H and O–H groups in total. The molecule has 29 heavy (non-hydrogen) atoms. The molecule has 0 bridgehead atoms. The zero-order valence-electron chi connectivity index (χ0n) is 16.9. The van der Waals surface area contributed by atoms with E-state index in [1.54, 1.807) is 17.2 Å². The lowest BCUT2D eigenvalue weighted by Gasteiger charge is -2.35. The van der Waals surface area contributed by atoms with Gasteiger partial charge in [0.1, 0.15) is 11.6 Å². The summed E-state index contributed by atoms with van der Waals surface area (Å²) in [5.74, 6) is 1.58. The van der Waals surface area contributed by atoms with Crippen LogP contribution in [-0.4, -0.2) is 78.3 Å². The van der Waals surface area contributed by atoms with E-state index in [1.807, 2.05) is 13.8 Å². The molecular formula is C20H26ClN5O3. The van der Waals surface area contributed by atoms with Crippen molar-refractivity contribution in [2.45, 2.75) is 20.4 Å². The van der Waals surface area contributed by atoms with Crippen molar-refractivity contribution in [3.63, 3.8) is 0 Å². The van der Waals surface area contributed by atoms with Crippen LogP contribution in [0.3, 0.4) is 0 Å². The predicted octanol–water partition coefficient (Wildman–Crippen LogP) is 2.13. The Labute approximate surface area is 175 Å². The number of pyridine rings is 1. The second-order valence-corrected chi connectivity index (χ2v) is 7.91. The van der Waals surface area contributed by atoms with Gasteiger partial charge in [0.05, 0.1) is 29.5 Å². The van der Waals surface area contributed by atoms with E-state index in [0.717, 1.165) is 50.0 Å². The number of hydrogen-bond donors (Lipinski definition) is 0. The highest BCUT2D eigenvalue weighted by Crippen LogP contribution is 2.26. The lowest BCUT2D eigenvalue weighted by molar-refractivity contribution is 0.0302. The Morgan fingerprint density at radius 2 is 1.86 bits per heavy atom. The van der Waals surface area contributed by atoms with E-state index in [-0.39, 0.29) is 5.91 Å². The second-order valence-electron chi connectivity index (χ2n) is 7.50. The molecule has 4 rings (SSSR count). The maximum atomic E-state index is 12.6. The number of carbonyl (C=O) groups excluding carboxylic acids is 1. The van der Waals surface area contributed by atoms with Gasteiger partial charge >= 0.3 is 0 Å². The van der Waals surface area contributed by atoms with Crippen molar-refractivity contribution in [1.82, 2.24) is 19.9 Å². The van der Waals surface area contributed by atoms with Crippen molar-refractivity contribution in [1.29, 1.82) is 0 Å². The highest BCUT2D eigenvalue weighted by molar-refractivity contribution is 6.33. The average molecular weight is 420 g/mol. The lowest BCUT2D eigenvalue weighted by Crippen LogP contribution is -2.46. The molecule has 156 valence electrons. The topological polar surface area (TPSA) is 74.9 Å². The van der Waals surface area contributed by atoms with Gasteiger partial charge in [0.25, 0.3) is 5.91 Å². The summed E-state index contributed by atoms with van der Waals surface area (Å²) in [6.07, 6.45) is 1.63. The Hall–Kier alpha value is -2.16. The summed E-state index contributed by atoms with van der Waals surface area (Å²) in [4.78, 5) is 23.5. The number of aromatic nitrogens is 2. The Bertz CT molecular complexity index is 853. The zero-order chi connectivity index (χ0) is 20.4. The van der Waals surface area contributed by atoms with E-state index in [9.17, 15) is 4.79 Å². The molecule has 2 aliphatic rings. The number of rotatable bonds is 4. The molecule has 2 aromatic heterocycles. The maximum absolute atomic E-state index is 12.6. The van der Waals surface area contributed by atoms with E-state index >= 15 is 0 Å². The van der Waals surface area contributed by atoms with Gasteiger partial charge in [0, 0.05) is 57.6 Å². The molecule has 0 unspecified atom stereocenters. The third-order valence-corrected chi connectivity index (χ3v) is 5.88. The first kappa shape index (κ1) is 20.1. The molecule has 2 aromatic rings. The van der Waals surface area contributed by atoms with Crippen LogP contribution in [0.25, 0.3) is 0 Å².